The standard InChI is InChI=1S/C9H13F2NO2/c1-3-7(2)12-9(13)4-5-14-6-8(10)11/h1,7-8H,4-6H2,2H3,(H,12,13). The number of hydrogen-bond acceptors (Lipinski definition) is 2. The van der Waals surface area contributed by atoms with E-state index in [2.05, 4.69) is 16.0 Å². The first-order valence-electron chi connectivity index (χ1n) is 4.17. The number of carbonyl (C=O) groups excluding carboxylic acids is 1. The quantitative estimate of drug-likeness (QED) is 0.514. The molecule has 0 bridgehead atoms. The molecule has 80 valence electrons. The van der Waals surface area contributed by atoms with Crippen molar-refractivity contribution in [2.45, 2.75) is 25.8 Å². The van der Waals surface area contributed by atoms with Gasteiger partial charge in [-0.1, -0.05) is 5.92 Å². The highest BCUT2D eigenvalue weighted by molar-refractivity contribution is 5.76. The number of amides is 1. The number of nitrogens with one attached hydrogen (secondary N) is 1. The predicted molar refractivity (Wildman–Crippen MR) is 47.9 cm³/mol. The van der Waals surface area contributed by atoms with Gasteiger partial charge in [0.2, 0.25) is 5.91 Å². The number of terminal acetylenes is 1. The van der Waals surface area contributed by atoms with Gasteiger partial charge in [-0.2, -0.15) is 0 Å². The van der Waals surface area contributed by atoms with Crippen molar-refractivity contribution in [3.8, 4) is 12.3 Å². The fourth-order valence-corrected chi connectivity index (χ4v) is 0.693. The number of ether oxygens (including phenoxy) is 1. The average molecular weight is 205 g/mol. The third-order valence-corrected chi connectivity index (χ3v) is 1.34. The Labute approximate surface area is 81.8 Å². The van der Waals surface area contributed by atoms with Crippen molar-refractivity contribution in [3.05, 3.63) is 0 Å². The Bertz CT molecular complexity index is 213. The highest BCUT2D eigenvalue weighted by Gasteiger charge is 2.06. The first-order chi connectivity index (χ1) is 6.56. The fraction of sp³-hybridized carbons (Fsp3) is 0.667. The summed E-state index contributed by atoms with van der Waals surface area (Å²) in [4.78, 5) is 11.0. The van der Waals surface area contributed by atoms with E-state index in [0.717, 1.165) is 0 Å². The number of halogens is 2. The molecule has 5 heteroatoms. The molecule has 1 atom stereocenters. The minimum atomic E-state index is -2.50. The van der Waals surface area contributed by atoms with Crippen LogP contribution in [0, 0.1) is 12.3 Å². The molecule has 0 heterocycles. The zero-order chi connectivity index (χ0) is 11.0. The molecule has 0 aromatic heterocycles. The van der Waals surface area contributed by atoms with Crippen LogP contribution in [-0.4, -0.2) is 31.6 Å². The lowest BCUT2D eigenvalue weighted by Gasteiger charge is -2.07. The second-order valence-corrected chi connectivity index (χ2v) is 2.67. The highest BCUT2D eigenvalue weighted by atomic mass is 19.3. The lowest BCUT2D eigenvalue weighted by atomic mass is 10.3. The first kappa shape index (κ1) is 12.8. The maximum Gasteiger partial charge on any atom is 0.261 e. The van der Waals surface area contributed by atoms with Crippen molar-refractivity contribution in [1.29, 1.82) is 0 Å². The van der Waals surface area contributed by atoms with E-state index in [4.69, 9.17) is 6.42 Å². The molecule has 1 unspecified atom stereocenters. The van der Waals surface area contributed by atoms with E-state index in [1.165, 1.54) is 0 Å². The molecular weight excluding hydrogens is 192 g/mol. The van der Waals surface area contributed by atoms with Gasteiger partial charge in [0.15, 0.2) is 0 Å². The molecule has 0 fully saturated rings. The lowest BCUT2D eigenvalue weighted by molar-refractivity contribution is -0.122. The van der Waals surface area contributed by atoms with Crippen LogP contribution in [0.25, 0.3) is 0 Å². The van der Waals surface area contributed by atoms with E-state index in [0.29, 0.717) is 0 Å². The van der Waals surface area contributed by atoms with Crippen LogP contribution in [0.4, 0.5) is 8.78 Å². The van der Waals surface area contributed by atoms with Crippen molar-refractivity contribution in [2.75, 3.05) is 13.2 Å². The molecule has 0 saturated heterocycles. The van der Waals surface area contributed by atoms with Crippen LogP contribution in [-0.2, 0) is 9.53 Å². The summed E-state index contributed by atoms with van der Waals surface area (Å²) in [5.41, 5.74) is 0. The number of hydrogen-bond donors (Lipinski definition) is 1. The Morgan fingerprint density at radius 3 is 2.79 bits per heavy atom. The molecule has 0 aromatic carbocycles. The average Bonchev–Trinajstić information content (AvgIpc) is 2.12. The SMILES string of the molecule is C#CC(C)NC(=O)CCOCC(F)F. The zero-order valence-corrected chi connectivity index (χ0v) is 7.93. The van der Waals surface area contributed by atoms with Crippen molar-refractivity contribution >= 4 is 5.91 Å². The van der Waals surface area contributed by atoms with Crippen molar-refractivity contribution in [2.24, 2.45) is 0 Å². The summed E-state index contributed by atoms with van der Waals surface area (Å²) in [5.74, 6) is 2.01. The summed E-state index contributed by atoms with van der Waals surface area (Å²) < 4.78 is 27.7. The van der Waals surface area contributed by atoms with Gasteiger partial charge in [-0.25, -0.2) is 8.78 Å². The number of alkyl halides is 2. The van der Waals surface area contributed by atoms with Crippen LogP contribution in [0.2, 0.25) is 0 Å². The van der Waals surface area contributed by atoms with E-state index in [-0.39, 0.29) is 25.0 Å². The van der Waals surface area contributed by atoms with Gasteiger partial charge >= 0.3 is 0 Å². The van der Waals surface area contributed by atoms with Crippen LogP contribution in [0.3, 0.4) is 0 Å². The van der Waals surface area contributed by atoms with Crippen molar-refractivity contribution in [3.63, 3.8) is 0 Å². The molecule has 0 aromatic rings. The highest BCUT2D eigenvalue weighted by Crippen LogP contribution is 1.93. The van der Waals surface area contributed by atoms with Crippen LogP contribution >= 0.6 is 0 Å². The molecule has 0 rings (SSSR count). The first-order valence-corrected chi connectivity index (χ1v) is 4.17. The fourth-order valence-electron chi connectivity index (χ4n) is 0.693. The smallest absolute Gasteiger partial charge is 0.261 e. The Balaban J connectivity index is 3.41. The van der Waals surface area contributed by atoms with E-state index < -0.39 is 13.0 Å². The van der Waals surface area contributed by atoms with Gasteiger partial charge in [0.05, 0.1) is 12.6 Å². The maximum absolute atomic E-state index is 11.6. The van der Waals surface area contributed by atoms with E-state index in [1.807, 2.05) is 0 Å². The zero-order valence-electron chi connectivity index (χ0n) is 7.93. The minimum absolute atomic E-state index is 0.0204. The molecule has 1 amide bonds. The molecule has 1 N–H and O–H groups in total. The van der Waals surface area contributed by atoms with Gasteiger partial charge in [-0.05, 0) is 6.92 Å². The number of rotatable bonds is 6. The van der Waals surface area contributed by atoms with Crippen molar-refractivity contribution in [1.82, 2.24) is 5.32 Å². The summed E-state index contributed by atoms with van der Waals surface area (Å²) in [5, 5.41) is 2.48. The largest absolute Gasteiger partial charge is 0.375 e. The Kier molecular flexibility index (Phi) is 6.68. The Morgan fingerprint density at radius 1 is 1.64 bits per heavy atom. The normalized spacial score (nSPS) is 12.2. The molecule has 0 aliphatic carbocycles. The van der Waals surface area contributed by atoms with Crippen LogP contribution < -0.4 is 5.32 Å². The summed E-state index contributed by atoms with van der Waals surface area (Å²) in [6.45, 7) is 0.989. The van der Waals surface area contributed by atoms with Gasteiger partial charge in [0.1, 0.15) is 6.61 Å². The molecular formula is C9H13F2NO2. The predicted octanol–water partition coefficient (Wildman–Crippen LogP) is 0.796. The van der Waals surface area contributed by atoms with Gasteiger partial charge in [-0.15, -0.1) is 6.42 Å². The molecule has 0 radical (unpaired) electrons. The third kappa shape index (κ3) is 7.50. The maximum atomic E-state index is 11.6. The number of carbonyl (C=O) groups is 1. The van der Waals surface area contributed by atoms with Gasteiger partial charge in [0.25, 0.3) is 6.43 Å². The molecule has 3 nitrogen and oxygen atoms in total. The topological polar surface area (TPSA) is 38.3 Å². The molecule has 14 heavy (non-hydrogen) atoms. The van der Waals surface area contributed by atoms with Gasteiger partial charge in [-0.3, -0.25) is 4.79 Å². The van der Waals surface area contributed by atoms with Crippen LogP contribution in [0.15, 0.2) is 0 Å². The Morgan fingerprint density at radius 2 is 2.29 bits per heavy atom. The van der Waals surface area contributed by atoms with E-state index in [9.17, 15) is 13.6 Å². The Hall–Kier alpha value is -1.15. The summed E-state index contributed by atoms with van der Waals surface area (Å²) in [6.07, 6.45) is 2.56. The summed E-state index contributed by atoms with van der Waals surface area (Å²) in [6, 6.07) is -0.349. The van der Waals surface area contributed by atoms with E-state index >= 15 is 0 Å². The van der Waals surface area contributed by atoms with Crippen LogP contribution in [0.5, 0.6) is 0 Å². The second kappa shape index (κ2) is 7.27. The lowest BCUT2D eigenvalue weighted by Crippen LogP contribution is -2.32. The molecule has 0 aliphatic heterocycles. The second-order valence-electron chi connectivity index (χ2n) is 2.67. The van der Waals surface area contributed by atoms with E-state index in [1.54, 1.807) is 6.92 Å². The van der Waals surface area contributed by atoms with Crippen LogP contribution in [0.1, 0.15) is 13.3 Å². The molecule has 0 spiro atoms. The minimum Gasteiger partial charge on any atom is -0.375 e. The summed E-state index contributed by atoms with van der Waals surface area (Å²) in [7, 11) is 0. The monoisotopic (exact) mass is 205 g/mol. The summed E-state index contributed by atoms with van der Waals surface area (Å²) >= 11 is 0. The third-order valence-electron chi connectivity index (χ3n) is 1.34. The van der Waals surface area contributed by atoms with Crippen molar-refractivity contribution < 1.29 is 18.3 Å². The molecule has 0 saturated carbocycles. The van der Waals surface area contributed by atoms with Gasteiger partial charge < -0.3 is 10.1 Å². The molecule has 0 aliphatic rings. The van der Waals surface area contributed by atoms with Gasteiger partial charge in [0, 0.05) is 6.42 Å².